The van der Waals surface area contributed by atoms with Gasteiger partial charge in [-0.15, -0.1) is 0 Å². The summed E-state index contributed by atoms with van der Waals surface area (Å²) in [4.78, 5) is 12.7. The SMILES string of the molecule is COc1cccc([C@@H](C)NC(=O)C2(CN)CCCCC2)c1. The summed E-state index contributed by atoms with van der Waals surface area (Å²) in [5.74, 6) is 0.903. The van der Waals surface area contributed by atoms with Gasteiger partial charge in [-0.1, -0.05) is 31.4 Å². The van der Waals surface area contributed by atoms with Gasteiger partial charge in [0.05, 0.1) is 18.6 Å². The topological polar surface area (TPSA) is 64.3 Å². The van der Waals surface area contributed by atoms with Gasteiger partial charge in [0, 0.05) is 6.54 Å². The lowest BCUT2D eigenvalue weighted by molar-refractivity contribution is -0.133. The number of nitrogens with one attached hydrogen (secondary N) is 1. The van der Waals surface area contributed by atoms with Gasteiger partial charge in [-0.25, -0.2) is 0 Å². The van der Waals surface area contributed by atoms with E-state index in [1.165, 1.54) is 6.42 Å². The Balaban J connectivity index is 2.06. The number of nitrogens with two attached hydrogens (primary N) is 1. The van der Waals surface area contributed by atoms with E-state index in [0.29, 0.717) is 6.54 Å². The highest BCUT2D eigenvalue weighted by Crippen LogP contribution is 2.36. The number of hydrogen-bond acceptors (Lipinski definition) is 3. The van der Waals surface area contributed by atoms with Crippen molar-refractivity contribution in [3.63, 3.8) is 0 Å². The standard InChI is InChI=1S/C17H26N2O2/c1-13(14-7-6-8-15(11-14)21-2)19-16(20)17(12-18)9-4-3-5-10-17/h6-8,11,13H,3-5,9-10,12,18H2,1-2H3,(H,19,20)/t13-/m1/s1. The van der Waals surface area contributed by atoms with Gasteiger partial charge < -0.3 is 15.8 Å². The van der Waals surface area contributed by atoms with Crippen molar-refractivity contribution in [2.45, 2.75) is 45.1 Å². The monoisotopic (exact) mass is 290 g/mol. The molecule has 2 rings (SSSR count). The Bertz CT molecular complexity index is 481. The molecule has 1 aromatic carbocycles. The van der Waals surface area contributed by atoms with Gasteiger partial charge in [-0.05, 0) is 37.5 Å². The molecule has 0 saturated heterocycles. The molecule has 4 nitrogen and oxygen atoms in total. The van der Waals surface area contributed by atoms with Crippen LogP contribution in [-0.4, -0.2) is 19.6 Å². The number of rotatable bonds is 5. The molecule has 1 aliphatic carbocycles. The second kappa shape index (κ2) is 6.94. The lowest BCUT2D eigenvalue weighted by Crippen LogP contribution is -2.47. The molecular weight excluding hydrogens is 264 g/mol. The maximum Gasteiger partial charge on any atom is 0.227 e. The molecule has 21 heavy (non-hydrogen) atoms. The minimum Gasteiger partial charge on any atom is -0.497 e. The van der Waals surface area contributed by atoms with Gasteiger partial charge in [0.15, 0.2) is 0 Å². The number of methoxy groups -OCH3 is 1. The van der Waals surface area contributed by atoms with Crippen LogP contribution in [0.4, 0.5) is 0 Å². The van der Waals surface area contributed by atoms with Crippen molar-refractivity contribution in [2.75, 3.05) is 13.7 Å². The second-order valence-corrected chi connectivity index (χ2v) is 6.02. The van der Waals surface area contributed by atoms with Crippen LogP contribution in [0.1, 0.15) is 50.6 Å². The first-order valence-corrected chi connectivity index (χ1v) is 7.76. The summed E-state index contributed by atoms with van der Waals surface area (Å²) in [6.07, 6.45) is 5.21. The zero-order chi connectivity index (χ0) is 15.3. The zero-order valence-electron chi connectivity index (χ0n) is 13.0. The normalized spacial score (nSPS) is 18.8. The predicted molar refractivity (Wildman–Crippen MR) is 84.1 cm³/mol. The number of carbonyl (C=O) groups excluding carboxylic acids is 1. The molecule has 3 N–H and O–H groups in total. The van der Waals surface area contributed by atoms with Crippen LogP contribution >= 0.6 is 0 Å². The van der Waals surface area contributed by atoms with Crippen molar-refractivity contribution >= 4 is 5.91 Å². The van der Waals surface area contributed by atoms with Crippen molar-refractivity contribution in [1.82, 2.24) is 5.32 Å². The molecule has 0 aliphatic heterocycles. The smallest absolute Gasteiger partial charge is 0.227 e. The van der Waals surface area contributed by atoms with Gasteiger partial charge in [-0.2, -0.15) is 0 Å². The third-order valence-corrected chi connectivity index (χ3v) is 4.62. The molecule has 1 fully saturated rings. The average Bonchev–Trinajstić information content (AvgIpc) is 2.55. The third kappa shape index (κ3) is 3.56. The van der Waals surface area contributed by atoms with Gasteiger partial charge in [0.2, 0.25) is 5.91 Å². The minimum absolute atomic E-state index is 0.0436. The van der Waals surface area contributed by atoms with Crippen molar-refractivity contribution in [1.29, 1.82) is 0 Å². The Morgan fingerprint density at radius 1 is 1.38 bits per heavy atom. The second-order valence-electron chi connectivity index (χ2n) is 6.02. The Kier molecular flexibility index (Phi) is 5.23. The van der Waals surface area contributed by atoms with E-state index in [4.69, 9.17) is 10.5 Å². The molecule has 1 aromatic rings. The van der Waals surface area contributed by atoms with Gasteiger partial charge in [0.25, 0.3) is 0 Å². The molecule has 1 saturated carbocycles. The molecule has 0 radical (unpaired) electrons. The summed E-state index contributed by atoms with van der Waals surface area (Å²) in [5, 5.41) is 3.13. The Morgan fingerprint density at radius 2 is 2.10 bits per heavy atom. The lowest BCUT2D eigenvalue weighted by Gasteiger charge is -2.35. The van der Waals surface area contributed by atoms with Crippen LogP contribution in [0.25, 0.3) is 0 Å². The fourth-order valence-electron chi connectivity index (χ4n) is 3.10. The molecule has 1 atom stereocenters. The van der Waals surface area contributed by atoms with E-state index in [1.807, 2.05) is 31.2 Å². The van der Waals surface area contributed by atoms with Crippen LogP contribution in [0.2, 0.25) is 0 Å². The van der Waals surface area contributed by atoms with Crippen molar-refractivity contribution in [2.24, 2.45) is 11.1 Å². The summed E-state index contributed by atoms with van der Waals surface area (Å²) >= 11 is 0. The summed E-state index contributed by atoms with van der Waals surface area (Å²) < 4.78 is 5.23. The van der Waals surface area contributed by atoms with Crippen LogP contribution in [-0.2, 0) is 4.79 Å². The molecule has 0 bridgehead atoms. The summed E-state index contributed by atoms with van der Waals surface area (Å²) in [5.41, 5.74) is 6.60. The highest BCUT2D eigenvalue weighted by molar-refractivity contribution is 5.83. The molecular formula is C17H26N2O2. The van der Waals surface area contributed by atoms with Crippen LogP contribution in [0.5, 0.6) is 5.75 Å². The maximum absolute atomic E-state index is 12.7. The van der Waals surface area contributed by atoms with Gasteiger partial charge >= 0.3 is 0 Å². The van der Waals surface area contributed by atoms with Crippen LogP contribution in [0, 0.1) is 5.41 Å². The van der Waals surface area contributed by atoms with Crippen LogP contribution in [0.3, 0.4) is 0 Å². The summed E-state index contributed by atoms with van der Waals surface area (Å²) in [6.45, 7) is 2.43. The van der Waals surface area contributed by atoms with E-state index in [0.717, 1.165) is 37.0 Å². The summed E-state index contributed by atoms with van der Waals surface area (Å²) in [6, 6.07) is 7.76. The summed E-state index contributed by atoms with van der Waals surface area (Å²) in [7, 11) is 1.65. The molecule has 1 amide bonds. The molecule has 4 heteroatoms. The zero-order valence-corrected chi connectivity index (χ0v) is 13.0. The largest absolute Gasteiger partial charge is 0.497 e. The predicted octanol–water partition coefficient (Wildman–Crippen LogP) is 2.78. The van der Waals surface area contributed by atoms with Gasteiger partial charge in [-0.3, -0.25) is 4.79 Å². The quantitative estimate of drug-likeness (QED) is 0.876. The molecule has 1 aliphatic rings. The highest BCUT2D eigenvalue weighted by Gasteiger charge is 2.38. The first-order valence-electron chi connectivity index (χ1n) is 7.76. The molecule has 0 aromatic heterocycles. The first kappa shape index (κ1) is 15.8. The van der Waals surface area contributed by atoms with Gasteiger partial charge in [0.1, 0.15) is 5.75 Å². The number of ether oxygens (including phenoxy) is 1. The lowest BCUT2D eigenvalue weighted by atomic mass is 9.73. The van der Waals surface area contributed by atoms with Crippen LogP contribution in [0.15, 0.2) is 24.3 Å². The van der Waals surface area contributed by atoms with E-state index in [1.54, 1.807) is 7.11 Å². The van der Waals surface area contributed by atoms with E-state index in [9.17, 15) is 4.79 Å². The Morgan fingerprint density at radius 3 is 2.71 bits per heavy atom. The van der Waals surface area contributed by atoms with E-state index in [2.05, 4.69) is 5.32 Å². The maximum atomic E-state index is 12.7. The van der Waals surface area contributed by atoms with Crippen molar-refractivity contribution in [3.8, 4) is 5.75 Å². The third-order valence-electron chi connectivity index (χ3n) is 4.62. The fourth-order valence-corrected chi connectivity index (χ4v) is 3.10. The van der Waals surface area contributed by atoms with E-state index < -0.39 is 0 Å². The number of amides is 1. The minimum atomic E-state index is -0.370. The molecule has 0 spiro atoms. The fraction of sp³-hybridized carbons (Fsp3) is 0.588. The van der Waals surface area contributed by atoms with Crippen LogP contribution < -0.4 is 15.8 Å². The average molecular weight is 290 g/mol. The molecule has 0 heterocycles. The number of carbonyl (C=O) groups is 1. The van der Waals surface area contributed by atoms with E-state index >= 15 is 0 Å². The number of benzene rings is 1. The van der Waals surface area contributed by atoms with E-state index in [-0.39, 0.29) is 17.4 Å². The molecule has 0 unspecified atom stereocenters. The van der Waals surface area contributed by atoms with Crippen molar-refractivity contribution < 1.29 is 9.53 Å². The molecule has 116 valence electrons. The number of hydrogen-bond donors (Lipinski definition) is 2. The Labute approximate surface area is 127 Å². The first-order chi connectivity index (χ1) is 10.1. The highest BCUT2D eigenvalue weighted by atomic mass is 16.5. The van der Waals surface area contributed by atoms with Crippen molar-refractivity contribution in [3.05, 3.63) is 29.8 Å². The Hall–Kier alpha value is -1.55.